The normalized spacial score (nSPS) is 17.4. The van der Waals surface area contributed by atoms with Crippen molar-refractivity contribution in [2.24, 2.45) is 0 Å². The van der Waals surface area contributed by atoms with E-state index in [0.717, 1.165) is 0 Å². The summed E-state index contributed by atoms with van der Waals surface area (Å²) in [5, 5.41) is 0. The molecule has 0 aromatic heterocycles. The summed E-state index contributed by atoms with van der Waals surface area (Å²) in [4.78, 5) is 10.7. The maximum atomic E-state index is 11.7. The van der Waals surface area contributed by atoms with E-state index >= 15 is 0 Å². The van der Waals surface area contributed by atoms with E-state index in [1.165, 1.54) is 6.08 Å². The van der Waals surface area contributed by atoms with Gasteiger partial charge < -0.3 is 0 Å². The minimum absolute atomic E-state index is 0.151. The molecule has 0 unspecified atom stereocenters. The van der Waals surface area contributed by atoms with Crippen LogP contribution in [-0.4, -0.2) is 14.7 Å². The van der Waals surface area contributed by atoms with Gasteiger partial charge >= 0.3 is 0 Å². The van der Waals surface area contributed by atoms with Crippen molar-refractivity contribution in [2.45, 2.75) is 11.8 Å². The number of benzene rings is 1. The molecule has 0 bridgehead atoms. The Hall–Kier alpha value is -1.42. The number of sulfone groups is 1. The highest BCUT2D eigenvalue weighted by molar-refractivity contribution is 7.96. The van der Waals surface area contributed by atoms with E-state index in [1.807, 2.05) is 0 Å². The molecule has 3 nitrogen and oxygen atoms in total. The lowest BCUT2D eigenvalue weighted by Gasteiger charge is -2.02. The molecule has 1 aliphatic heterocycles. The fourth-order valence-corrected chi connectivity index (χ4v) is 3.18. The second-order valence-corrected chi connectivity index (χ2v) is 5.05. The molecule has 0 aliphatic carbocycles. The van der Waals surface area contributed by atoms with Crippen molar-refractivity contribution in [1.29, 1.82) is 0 Å². The van der Waals surface area contributed by atoms with Crippen LogP contribution in [0.15, 0.2) is 28.0 Å². The van der Waals surface area contributed by atoms with Crippen LogP contribution in [0.3, 0.4) is 0 Å². The van der Waals surface area contributed by atoms with Crippen LogP contribution < -0.4 is 0 Å². The summed E-state index contributed by atoms with van der Waals surface area (Å²) in [6, 6.07) is 5.18. The number of rotatable bonds is 1. The van der Waals surface area contributed by atoms with Gasteiger partial charge in [0.15, 0.2) is 6.29 Å². The molecule has 0 saturated carbocycles. The van der Waals surface area contributed by atoms with Crippen molar-refractivity contribution in [3.8, 4) is 0 Å². The van der Waals surface area contributed by atoms with Gasteiger partial charge in [0.25, 0.3) is 0 Å². The van der Waals surface area contributed by atoms with Gasteiger partial charge in [0.05, 0.1) is 4.90 Å². The Morgan fingerprint density at radius 1 is 1.29 bits per heavy atom. The monoisotopic (exact) mass is 208 g/mol. The fourth-order valence-electron chi connectivity index (χ4n) is 1.60. The predicted molar refractivity (Wildman–Crippen MR) is 52.4 cm³/mol. The third kappa shape index (κ3) is 1.04. The van der Waals surface area contributed by atoms with Crippen molar-refractivity contribution >= 4 is 22.2 Å². The average molecular weight is 208 g/mol. The first-order valence-electron chi connectivity index (χ1n) is 4.09. The van der Waals surface area contributed by atoms with Crippen LogP contribution in [0.1, 0.15) is 11.1 Å². The van der Waals surface area contributed by atoms with E-state index in [4.69, 9.17) is 0 Å². The van der Waals surface area contributed by atoms with Gasteiger partial charge in [0.2, 0.25) is 9.84 Å². The van der Waals surface area contributed by atoms with Gasteiger partial charge in [-0.25, -0.2) is 8.42 Å². The summed E-state index contributed by atoms with van der Waals surface area (Å²) in [5.74, 6) is 0. The van der Waals surface area contributed by atoms with Crippen molar-refractivity contribution in [3.05, 3.63) is 34.2 Å². The maximum Gasteiger partial charge on any atom is 0.210 e. The van der Waals surface area contributed by atoms with E-state index in [9.17, 15) is 13.2 Å². The summed E-state index contributed by atoms with van der Waals surface area (Å²) in [6.45, 7) is 1.72. The van der Waals surface area contributed by atoms with Gasteiger partial charge in [-0.15, -0.1) is 0 Å². The fraction of sp³-hybridized carbons (Fsp3) is 0.100. The van der Waals surface area contributed by atoms with E-state index in [-0.39, 0.29) is 9.80 Å². The molecule has 0 saturated heterocycles. The Morgan fingerprint density at radius 2 is 2.00 bits per heavy atom. The first-order valence-corrected chi connectivity index (χ1v) is 5.57. The van der Waals surface area contributed by atoms with Crippen LogP contribution in [0.5, 0.6) is 0 Å². The van der Waals surface area contributed by atoms with Crippen molar-refractivity contribution < 1.29 is 13.2 Å². The molecule has 0 fully saturated rings. The van der Waals surface area contributed by atoms with Gasteiger partial charge in [-0.1, -0.05) is 18.2 Å². The van der Waals surface area contributed by atoms with Gasteiger partial charge in [-0.2, -0.15) is 0 Å². The third-order valence-corrected chi connectivity index (χ3v) is 4.17. The minimum atomic E-state index is -3.53. The van der Waals surface area contributed by atoms with Crippen LogP contribution >= 0.6 is 0 Å². The Kier molecular flexibility index (Phi) is 1.82. The number of carbonyl (C=O) groups is 1. The van der Waals surface area contributed by atoms with Crippen LogP contribution in [0.2, 0.25) is 0 Å². The zero-order valence-electron chi connectivity index (χ0n) is 7.52. The molecule has 0 amide bonds. The van der Waals surface area contributed by atoms with Crippen molar-refractivity contribution in [3.63, 3.8) is 0 Å². The van der Waals surface area contributed by atoms with E-state index in [1.54, 1.807) is 25.1 Å². The van der Waals surface area contributed by atoms with E-state index in [0.29, 0.717) is 17.4 Å². The number of aldehydes is 1. The van der Waals surface area contributed by atoms with Gasteiger partial charge in [0, 0.05) is 0 Å². The van der Waals surface area contributed by atoms with E-state index < -0.39 is 9.84 Å². The number of hydrogen-bond donors (Lipinski definition) is 0. The Bertz CT molecular complexity index is 538. The van der Waals surface area contributed by atoms with E-state index in [2.05, 4.69) is 0 Å². The molecule has 1 heterocycles. The summed E-state index contributed by atoms with van der Waals surface area (Å²) in [6.07, 6.45) is 1.79. The lowest BCUT2D eigenvalue weighted by atomic mass is 10.1. The van der Waals surface area contributed by atoms with Gasteiger partial charge in [0.1, 0.15) is 4.91 Å². The largest absolute Gasteiger partial charge is 0.297 e. The summed E-state index contributed by atoms with van der Waals surface area (Å²) in [7, 11) is -3.53. The molecule has 0 radical (unpaired) electrons. The van der Waals surface area contributed by atoms with Crippen molar-refractivity contribution in [1.82, 2.24) is 0 Å². The molecule has 1 aromatic rings. The van der Waals surface area contributed by atoms with Crippen LogP contribution in [-0.2, 0) is 14.6 Å². The maximum absolute atomic E-state index is 11.7. The molecule has 1 aliphatic rings. The van der Waals surface area contributed by atoms with Crippen LogP contribution in [0.4, 0.5) is 0 Å². The zero-order valence-corrected chi connectivity index (χ0v) is 8.34. The number of allylic oxidation sites excluding steroid dienone is 1. The molecule has 14 heavy (non-hydrogen) atoms. The number of fused-ring (bicyclic) bond motifs is 1. The summed E-state index contributed by atoms with van der Waals surface area (Å²) >= 11 is 0. The Morgan fingerprint density at radius 3 is 2.57 bits per heavy atom. The lowest BCUT2D eigenvalue weighted by Crippen LogP contribution is -2.03. The third-order valence-electron chi connectivity index (χ3n) is 2.24. The molecule has 72 valence electrons. The molecule has 2 rings (SSSR count). The Balaban J connectivity index is 2.84. The molecule has 4 heteroatoms. The molecule has 0 spiro atoms. The van der Waals surface area contributed by atoms with Crippen LogP contribution in [0.25, 0.3) is 6.08 Å². The summed E-state index contributed by atoms with van der Waals surface area (Å²) in [5.41, 5.74) is 1.28. The average Bonchev–Trinajstić information content (AvgIpc) is 2.38. The Labute approximate surface area is 82.0 Å². The molecular weight excluding hydrogens is 200 g/mol. The number of hydrogen-bond acceptors (Lipinski definition) is 3. The van der Waals surface area contributed by atoms with Gasteiger partial charge in [-0.3, -0.25) is 4.79 Å². The molecule has 0 N–H and O–H groups in total. The highest BCUT2D eigenvalue weighted by atomic mass is 32.2. The highest BCUT2D eigenvalue weighted by Gasteiger charge is 2.30. The summed E-state index contributed by atoms with van der Waals surface area (Å²) < 4.78 is 23.5. The predicted octanol–water partition coefficient (Wildman–Crippen LogP) is 1.32. The first kappa shape index (κ1) is 9.15. The number of carbonyl (C=O) groups excluding carboxylic acids is 1. The molecule has 1 aromatic carbocycles. The van der Waals surface area contributed by atoms with Crippen molar-refractivity contribution in [2.75, 3.05) is 0 Å². The smallest absolute Gasteiger partial charge is 0.210 e. The molecular formula is C10H8O3S. The highest BCUT2D eigenvalue weighted by Crippen LogP contribution is 2.33. The topological polar surface area (TPSA) is 51.2 Å². The first-order chi connectivity index (χ1) is 6.57. The van der Waals surface area contributed by atoms with Crippen LogP contribution in [0, 0.1) is 6.92 Å². The molecule has 0 atom stereocenters. The standard InChI is InChI=1S/C10H8O3S/c1-7-3-2-4-8-5-9(6-11)14(12,13)10(7)8/h2-6H,1H3. The second-order valence-electron chi connectivity index (χ2n) is 3.16. The number of aryl methyl sites for hydroxylation is 1. The SMILES string of the molecule is Cc1cccc2c1S(=O)(=O)C(C=O)=C2. The quantitative estimate of drug-likeness (QED) is 0.654. The second kappa shape index (κ2) is 2.78. The lowest BCUT2D eigenvalue weighted by molar-refractivity contribution is -0.104. The van der Waals surface area contributed by atoms with Gasteiger partial charge in [-0.05, 0) is 24.1 Å². The minimum Gasteiger partial charge on any atom is -0.297 e. The zero-order chi connectivity index (χ0) is 10.3.